The van der Waals surface area contributed by atoms with Crippen LogP contribution >= 0.6 is 37.2 Å². The lowest BCUT2D eigenvalue weighted by Gasteiger charge is -2.20. The zero-order chi connectivity index (χ0) is 14.0. The molecule has 98 valence electrons. The summed E-state index contributed by atoms with van der Waals surface area (Å²) in [5.41, 5.74) is 4.17. The number of carbonyl (C=O) groups is 1. The largest absolute Gasteiger partial charge is 0.289 e. The van der Waals surface area contributed by atoms with Crippen molar-refractivity contribution < 1.29 is 4.79 Å². The monoisotopic (exact) mass is 476 g/mol. The Hall–Kier alpha value is -0.430. The third-order valence-corrected chi connectivity index (χ3v) is 3.63. The van der Waals surface area contributed by atoms with Crippen molar-refractivity contribution in [2.75, 3.05) is 0 Å². The van der Waals surface area contributed by atoms with E-state index in [2.05, 4.69) is 68.4 Å². The van der Waals surface area contributed by atoms with Crippen LogP contribution in [-0.4, -0.2) is 5.78 Å². The highest BCUT2D eigenvalue weighted by Gasteiger charge is 2.23. The molecule has 1 aliphatic carbocycles. The SMILES string of the molecule is CCC1=C(C)c2cccc3cccc(c23)C1=O.II. The molecule has 0 radical (unpaired) electrons. The maximum Gasteiger partial charge on any atom is 0.189 e. The van der Waals surface area contributed by atoms with E-state index in [1.165, 1.54) is 5.56 Å². The Morgan fingerprint density at radius 3 is 2.16 bits per heavy atom. The van der Waals surface area contributed by atoms with Crippen LogP contribution in [0.15, 0.2) is 42.0 Å². The van der Waals surface area contributed by atoms with Crippen LogP contribution in [0.25, 0.3) is 16.3 Å². The Kier molecular flexibility index (Phi) is 5.00. The maximum absolute atomic E-state index is 12.4. The van der Waals surface area contributed by atoms with Crippen LogP contribution < -0.4 is 0 Å². The molecule has 0 N–H and O–H groups in total. The zero-order valence-corrected chi connectivity index (χ0v) is 15.2. The minimum atomic E-state index is 0.203. The lowest BCUT2D eigenvalue weighted by Crippen LogP contribution is -2.11. The van der Waals surface area contributed by atoms with E-state index in [9.17, 15) is 4.79 Å². The summed E-state index contributed by atoms with van der Waals surface area (Å²) in [5.74, 6) is 0.203. The molecule has 0 amide bonds. The Morgan fingerprint density at radius 2 is 1.58 bits per heavy atom. The summed E-state index contributed by atoms with van der Waals surface area (Å²) in [4.78, 5) is 12.4. The normalized spacial score (nSPS) is 13.4. The number of halogens is 2. The molecule has 0 aliphatic heterocycles. The third-order valence-electron chi connectivity index (χ3n) is 3.63. The molecule has 0 unspecified atom stereocenters. The Bertz CT molecular complexity index is 666. The lowest BCUT2D eigenvalue weighted by molar-refractivity contribution is 0.103. The van der Waals surface area contributed by atoms with E-state index in [0.717, 1.165) is 33.9 Å². The predicted octanol–water partition coefficient (Wildman–Crippen LogP) is 5.99. The standard InChI is InChI=1S/C16H14O.I2/c1-3-12-10(2)13-8-4-6-11-7-5-9-14(15(11)13)16(12)17;1-2/h4-9H,3H2,1-2H3;. The number of allylic oxidation sites excluding steroid dienone is 2. The fourth-order valence-corrected chi connectivity index (χ4v) is 2.76. The molecule has 0 saturated heterocycles. The summed E-state index contributed by atoms with van der Waals surface area (Å²) >= 11 is 4.24. The summed E-state index contributed by atoms with van der Waals surface area (Å²) < 4.78 is 0. The van der Waals surface area contributed by atoms with Crippen LogP contribution in [-0.2, 0) is 0 Å². The number of rotatable bonds is 1. The van der Waals surface area contributed by atoms with Crippen LogP contribution in [0.4, 0.5) is 0 Å². The molecular formula is C16H14I2O. The highest BCUT2D eigenvalue weighted by atomic mass is 128. The molecule has 0 atom stereocenters. The van der Waals surface area contributed by atoms with Gasteiger partial charge in [0.05, 0.1) is 0 Å². The van der Waals surface area contributed by atoms with Crippen LogP contribution in [0.1, 0.15) is 36.2 Å². The van der Waals surface area contributed by atoms with Gasteiger partial charge >= 0.3 is 0 Å². The first-order valence-electron chi connectivity index (χ1n) is 6.15. The maximum atomic E-state index is 12.4. The van der Waals surface area contributed by atoms with Gasteiger partial charge in [0, 0.05) is 53.8 Å². The van der Waals surface area contributed by atoms with E-state index in [1.54, 1.807) is 0 Å². The molecule has 3 heteroatoms. The first kappa shape index (κ1) is 15.0. The Morgan fingerprint density at radius 1 is 1.00 bits per heavy atom. The van der Waals surface area contributed by atoms with Crippen LogP contribution in [0, 0.1) is 0 Å². The number of Topliss-reactive ketones (excluding diaryl/α,β-unsaturated/α-hetero) is 1. The molecule has 1 nitrogen and oxygen atoms in total. The van der Waals surface area contributed by atoms with Crippen molar-refractivity contribution in [1.29, 1.82) is 0 Å². The van der Waals surface area contributed by atoms with Gasteiger partial charge in [-0.3, -0.25) is 4.79 Å². The van der Waals surface area contributed by atoms with Crippen molar-refractivity contribution in [2.45, 2.75) is 20.3 Å². The molecule has 2 aromatic rings. The smallest absolute Gasteiger partial charge is 0.189 e. The quantitative estimate of drug-likeness (QED) is 0.463. The topological polar surface area (TPSA) is 17.1 Å². The van der Waals surface area contributed by atoms with Gasteiger partial charge in [0.2, 0.25) is 0 Å². The second kappa shape index (κ2) is 6.35. The van der Waals surface area contributed by atoms with Gasteiger partial charge in [0.25, 0.3) is 0 Å². The van der Waals surface area contributed by atoms with E-state index in [0.29, 0.717) is 0 Å². The summed E-state index contributed by atoms with van der Waals surface area (Å²) in [7, 11) is 0. The molecule has 3 rings (SSSR count). The minimum Gasteiger partial charge on any atom is -0.289 e. The number of hydrogen-bond acceptors (Lipinski definition) is 1. The average molecular weight is 476 g/mol. The summed E-state index contributed by atoms with van der Waals surface area (Å²) in [6.45, 7) is 4.10. The van der Waals surface area contributed by atoms with Crippen molar-refractivity contribution in [3.05, 3.63) is 53.1 Å². The fraction of sp³-hybridized carbons (Fsp3) is 0.188. The highest BCUT2D eigenvalue weighted by Crippen LogP contribution is 2.36. The summed E-state index contributed by atoms with van der Waals surface area (Å²) in [6.07, 6.45) is 0.801. The van der Waals surface area contributed by atoms with E-state index >= 15 is 0 Å². The van der Waals surface area contributed by atoms with E-state index in [-0.39, 0.29) is 5.78 Å². The first-order valence-corrected chi connectivity index (χ1v) is 12.4. The van der Waals surface area contributed by atoms with E-state index in [4.69, 9.17) is 0 Å². The average Bonchev–Trinajstić information content (AvgIpc) is 2.47. The third kappa shape index (κ3) is 2.46. The van der Waals surface area contributed by atoms with Gasteiger partial charge in [-0.15, -0.1) is 0 Å². The van der Waals surface area contributed by atoms with Crippen LogP contribution in [0.3, 0.4) is 0 Å². The van der Waals surface area contributed by atoms with Gasteiger partial charge in [-0.2, -0.15) is 0 Å². The number of benzene rings is 2. The predicted molar refractivity (Wildman–Crippen MR) is 99.2 cm³/mol. The lowest BCUT2D eigenvalue weighted by atomic mass is 9.82. The Balaban J connectivity index is 0.000000637. The Labute approximate surface area is 136 Å². The molecule has 0 bridgehead atoms. The summed E-state index contributed by atoms with van der Waals surface area (Å²) in [6, 6.07) is 12.2. The van der Waals surface area contributed by atoms with Crippen molar-refractivity contribution in [1.82, 2.24) is 0 Å². The van der Waals surface area contributed by atoms with Gasteiger partial charge in [0.1, 0.15) is 0 Å². The van der Waals surface area contributed by atoms with Gasteiger partial charge in [0.15, 0.2) is 5.78 Å². The fourth-order valence-electron chi connectivity index (χ4n) is 2.76. The van der Waals surface area contributed by atoms with Gasteiger partial charge < -0.3 is 0 Å². The second-order valence-corrected chi connectivity index (χ2v) is 4.50. The van der Waals surface area contributed by atoms with E-state index < -0.39 is 0 Å². The van der Waals surface area contributed by atoms with Gasteiger partial charge in [-0.05, 0) is 29.9 Å². The molecule has 0 heterocycles. The highest BCUT2D eigenvalue weighted by molar-refractivity contribution is 15.0. The molecule has 0 fully saturated rings. The zero-order valence-electron chi connectivity index (χ0n) is 10.8. The number of carbonyl (C=O) groups excluding carboxylic acids is 1. The van der Waals surface area contributed by atoms with Crippen molar-refractivity contribution in [3.8, 4) is 0 Å². The van der Waals surface area contributed by atoms with Gasteiger partial charge in [-0.25, -0.2) is 0 Å². The molecule has 19 heavy (non-hydrogen) atoms. The van der Waals surface area contributed by atoms with Crippen molar-refractivity contribution in [3.63, 3.8) is 0 Å². The second-order valence-electron chi connectivity index (χ2n) is 4.50. The summed E-state index contributed by atoms with van der Waals surface area (Å²) in [5, 5.41) is 2.28. The number of hydrogen-bond donors (Lipinski definition) is 0. The van der Waals surface area contributed by atoms with Crippen LogP contribution in [0.5, 0.6) is 0 Å². The molecule has 0 saturated carbocycles. The molecule has 0 aromatic heterocycles. The molecule has 1 aliphatic rings. The van der Waals surface area contributed by atoms with Crippen molar-refractivity contribution in [2.24, 2.45) is 0 Å². The molecule has 2 aromatic carbocycles. The minimum absolute atomic E-state index is 0.203. The van der Waals surface area contributed by atoms with E-state index in [1.807, 2.05) is 19.1 Å². The number of ketones is 1. The van der Waals surface area contributed by atoms with Crippen LogP contribution in [0.2, 0.25) is 0 Å². The van der Waals surface area contributed by atoms with Crippen molar-refractivity contribution >= 4 is 59.4 Å². The molecular weight excluding hydrogens is 462 g/mol. The molecule has 0 spiro atoms. The first-order chi connectivity index (χ1) is 9.24. The van der Waals surface area contributed by atoms with Gasteiger partial charge in [-0.1, -0.05) is 43.3 Å².